The monoisotopic (exact) mass is 427 g/mol. The lowest BCUT2D eigenvalue weighted by Gasteiger charge is -2.07. The molecule has 1 heterocycles. The number of hydrogen-bond donors (Lipinski definition) is 2. The van der Waals surface area contributed by atoms with Gasteiger partial charge in [-0.3, -0.25) is 14.9 Å². The van der Waals surface area contributed by atoms with Gasteiger partial charge in [0, 0.05) is 18.2 Å². The van der Waals surface area contributed by atoms with Gasteiger partial charge in [-0.1, -0.05) is 48.5 Å². The summed E-state index contributed by atoms with van der Waals surface area (Å²) in [7, 11) is 0. The van der Waals surface area contributed by atoms with Gasteiger partial charge < -0.3 is 10.1 Å². The zero-order valence-corrected chi connectivity index (χ0v) is 16.2. The molecule has 0 saturated carbocycles. The minimum absolute atomic E-state index is 0.00243. The van der Waals surface area contributed by atoms with E-state index in [0.29, 0.717) is 12.1 Å². The Hall–Kier alpha value is -4.08. The molecule has 0 unspecified atom stereocenters. The van der Waals surface area contributed by atoms with Crippen molar-refractivity contribution in [3.63, 3.8) is 0 Å². The Bertz CT molecular complexity index is 1050. The first-order chi connectivity index (χ1) is 15.0. The number of anilines is 1. The first-order valence-corrected chi connectivity index (χ1v) is 9.22. The second-order valence-corrected chi connectivity index (χ2v) is 6.27. The quantitative estimate of drug-likeness (QED) is 0.512. The molecule has 0 radical (unpaired) electrons. The molecule has 3 rings (SSSR count). The number of halogens is 2. The molecule has 0 aliphatic rings. The molecule has 3 aromatic rings. The Balaban J connectivity index is 1.51. The van der Waals surface area contributed by atoms with Crippen molar-refractivity contribution in [1.29, 1.82) is 0 Å². The lowest BCUT2D eigenvalue weighted by molar-refractivity contribution is -0.122. The summed E-state index contributed by atoms with van der Waals surface area (Å²) < 4.78 is 30.6. The van der Waals surface area contributed by atoms with E-state index in [9.17, 15) is 18.4 Å². The van der Waals surface area contributed by atoms with E-state index in [4.69, 9.17) is 0 Å². The Labute approximate surface area is 176 Å². The van der Waals surface area contributed by atoms with E-state index < -0.39 is 12.5 Å². The molecule has 0 atom stereocenters. The minimum atomic E-state index is -2.97. The summed E-state index contributed by atoms with van der Waals surface area (Å²) in [6.07, 6.45) is 3.79. The van der Waals surface area contributed by atoms with E-state index in [1.54, 1.807) is 12.1 Å². The molecule has 2 aromatic carbocycles. The number of aromatic nitrogens is 3. The maximum atomic E-state index is 12.4. The van der Waals surface area contributed by atoms with E-state index in [1.165, 1.54) is 29.2 Å². The number of nitrogens with zero attached hydrogens (tertiary/aromatic N) is 3. The van der Waals surface area contributed by atoms with Crippen LogP contribution in [0.4, 0.5) is 14.7 Å². The zero-order valence-electron chi connectivity index (χ0n) is 16.2. The fourth-order valence-corrected chi connectivity index (χ4v) is 2.57. The van der Waals surface area contributed by atoms with Gasteiger partial charge in [0.25, 0.3) is 5.91 Å². The number of alkyl halides is 2. The molecule has 10 heteroatoms. The van der Waals surface area contributed by atoms with Crippen LogP contribution in [-0.4, -0.2) is 33.2 Å². The van der Waals surface area contributed by atoms with Gasteiger partial charge in [0.2, 0.25) is 11.9 Å². The third kappa shape index (κ3) is 7.03. The first kappa shape index (κ1) is 21.6. The first-order valence-electron chi connectivity index (χ1n) is 9.22. The average Bonchev–Trinajstić information content (AvgIpc) is 3.18. The van der Waals surface area contributed by atoms with E-state index in [1.807, 2.05) is 30.3 Å². The summed E-state index contributed by atoms with van der Waals surface area (Å²) in [6.45, 7) is -2.65. The fraction of sp³-hybridized carbons (Fsp3) is 0.143. The Morgan fingerprint density at radius 3 is 2.61 bits per heavy atom. The zero-order chi connectivity index (χ0) is 22.1. The van der Waals surface area contributed by atoms with Crippen LogP contribution in [0.2, 0.25) is 0 Å². The summed E-state index contributed by atoms with van der Waals surface area (Å²) in [5.74, 6) is -0.881. The molecule has 0 bridgehead atoms. The molecule has 8 nitrogen and oxygen atoms in total. The van der Waals surface area contributed by atoms with E-state index >= 15 is 0 Å². The van der Waals surface area contributed by atoms with Gasteiger partial charge in [-0.05, 0) is 17.7 Å². The summed E-state index contributed by atoms with van der Waals surface area (Å²) in [6, 6.07) is 15.5. The highest BCUT2D eigenvalue weighted by Gasteiger charge is 2.09. The molecule has 0 saturated heterocycles. The van der Waals surface area contributed by atoms with Crippen LogP contribution in [-0.2, 0) is 22.7 Å². The van der Waals surface area contributed by atoms with Crippen molar-refractivity contribution in [1.82, 2.24) is 20.1 Å². The molecule has 31 heavy (non-hydrogen) atoms. The van der Waals surface area contributed by atoms with Crippen LogP contribution in [0.15, 0.2) is 67.0 Å². The summed E-state index contributed by atoms with van der Waals surface area (Å²) in [5, 5.41) is 9.21. The van der Waals surface area contributed by atoms with Gasteiger partial charge in [0.1, 0.15) is 18.6 Å². The topological polar surface area (TPSA) is 98.1 Å². The lowest BCUT2D eigenvalue weighted by atomic mass is 10.2. The van der Waals surface area contributed by atoms with E-state index in [2.05, 4.69) is 25.5 Å². The van der Waals surface area contributed by atoms with Crippen molar-refractivity contribution in [2.24, 2.45) is 0 Å². The second kappa shape index (κ2) is 10.6. The number of benzene rings is 2. The van der Waals surface area contributed by atoms with Crippen molar-refractivity contribution in [3.05, 3.63) is 78.1 Å². The third-order valence-corrected chi connectivity index (χ3v) is 3.96. The van der Waals surface area contributed by atoms with E-state index in [-0.39, 0.29) is 24.1 Å². The molecule has 0 spiro atoms. The summed E-state index contributed by atoms with van der Waals surface area (Å²) >= 11 is 0. The highest BCUT2D eigenvalue weighted by atomic mass is 19.3. The van der Waals surface area contributed by atoms with E-state index in [0.717, 1.165) is 11.6 Å². The normalized spacial score (nSPS) is 10.9. The number of carbonyl (C=O) groups is 2. The highest BCUT2D eigenvalue weighted by molar-refractivity contribution is 6.01. The van der Waals surface area contributed by atoms with Crippen LogP contribution < -0.4 is 15.4 Å². The number of rotatable bonds is 9. The molecular weight excluding hydrogens is 408 g/mol. The summed E-state index contributed by atoms with van der Waals surface area (Å²) in [4.78, 5) is 28.0. The smallest absolute Gasteiger partial charge is 0.387 e. The molecule has 0 fully saturated rings. The maximum absolute atomic E-state index is 12.4. The SMILES string of the molecule is O=C(/C=C/c1ccccc1OC(F)F)Nc1ncn(CC(=O)NCc2ccccc2)n1. The predicted molar refractivity (Wildman–Crippen MR) is 109 cm³/mol. The largest absolute Gasteiger partial charge is 0.434 e. The molecule has 0 aliphatic heterocycles. The van der Waals surface area contributed by atoms with Crippen molar-refractivity contribution in [2.75, 3.05) is 5.32 Å². The van der Waals surface area contributed by atoms with Crippen molar-refractivity contribution >= 4 is 23.8 Å². The molecule has 0 aliphatic carbocycles. The average molecular weight is 427 g/mol. The fourth-order valence-electron chi connectivity index (χ4n) is 2.57. The lowest BCUT2D eigenvalue weighted by Crippen LogP contribution is -2.27. The van der Waals surface area contributed by atoms with Crippen LogP contribution in [0, 0.1) is 0 Å². The number of carbonyl (C=O) groups excluding carboxylic acids is 2. The van der Waals surface area contributed by atoms with Crippen molar-refractivity contribution < 1.29 is 23.1 Å². The van der Waals surface area contributed by atoms with Crippen LogP contribution in [0.5, 0.6) is 5.75 Å². The molecule has 1 aromatic heterocycles. The van der Waals surface area contributed by atoms with Crippen LogP contribution in [0.3, 0.4) is 0 Å². The van der Waals surface area contributed by atoms with Gasteiger partial charge in [-0.15, -0.1) is 5.10 Å². The van der Waals surface area contributed by atoms with Gasteiger partial charge in [0.05, 0.1) is 0 Å². The maximum Gasteiger partial charge on any atom is 0.387 e. The Morgan fingerprint density at radius 2 is 1.84 bits per heavy atom. The number of para-hydroxylation sites is 1. The number of hydrogen-bond acceptors (Lipinski definition) is 5. The summed E-state index contributed by atoms with van der Waals surface area (Å²) in [5.41, 5.74) is 1.28. The van der Waals surface area contributed by atoms with Gasteiger partial charge in [-0.2, -0.15) is 8.78 Å². The van der Waals surface area contributed by atoms with Crippen LogP contribution in [0.1, 0.15) is 11.1 Å². The van der Waals surface area contributed by atoms with Gasteiger partial charge in [-0.25, -0.2) is 9.67 Å². The number of ether oxygens (including phenoxy) is 1. The standard InChI is InChI=1S/C21H19F2N5O3/c22-20(23)31-17-9-5-4-8-16(17)10-11-18(29)26-21-25-14-28(27-21)13-19(30)24-12-15-6-2-1-3-7-15/h1-11,14,20H,12-13H2,(H,24,30)(H,26,27,29)/b11-10+. The van der Waals surface area contributed by atoms with Crippen LogP contribution in [0.25, 0.3) is 6.08 Å². The minimum Gasteiger partial charge on any atom is -0.434 e. The van der Waals surface area contributed by atoms with Crippen molar-refractivity contribution in [2.45, 2.75) is 19.7 Å². The van der Waals surface area contributed by atoms with Crippen LogP contribution >= 0.6 is 0 Å². The molecule has 2 amide bonds. The Morgan fingerprint density at radius 1 is 1.10 bits per heavy atom. The Kier molecular flexibility index (Phi) is 7.41. The molecular formula is C21H19F2N5O3. The van der Waals surface area contributed by atoms with Crippen molar-refractivity contribution in [3.8, 4) is 5.75 Å². The number of nitrogens with one attached hydrogen (secondary N) is 2. The second-order valence-electron chi connectivity index (χ2n) is 6.27. The molecule has 160 valence electrons. The highest BCUT2D eigenvalue weighted by Crippen LogP contribution is 2.21. The number of amides is 2. The van der Waals surface area contributed by atoms with Gasteiger partial charge >= 0.3 is 6.61 Å². The third-order valence-electron chi connectivity index (χ3n) is 3.96. The predicted octanol–water partition coefficient (Wildman–Crippen LogP) is 2.85. The van der Waals surface area contributed by atoms with Gasteiger partial charge in [0.15, 0.2) is 0 Å². The molecule has 2 N–H and O–H groups in total.